The number of carbonyl (C=O) groups excluding carboxylic acids is 1. The summed E-state index contributed by atoms with van der Waals surface area (Å²) in [6, 6.07) is 8.43. The summed E-state index contributed by atoms with van der Waals surface area (Å²) in [5, 5.41) is 2.75. The maximum atomic E-state index is 11.9. The van der Waals surface area contributed by atoms with E-state index in [1.54, 1.807) is 18.3 Å². The van der Waals surface area contributed by atoms with Crippen molar-refractivity contribution in [2.24, 2.45) is 5.73 Å². The van der Waals surface area contributed by atoms with E-state index >= 15 is 0 Å². The van der Waals surface area contributed by atoms with Crippen molar-refractivity contribution in [2.45, 2.75) is 19.9 Å². The van der Waals surface area contributed by atoms with Crippen molar-refractivity contribution in [1.29, 1.82) is 0 Å². The molecule has 1 aromatic carbocycles. The normalized spacial score (nSPS) is 11.8. The molecule has 1 atom stereocenters. The topological polar surface area (TPSA) is 86.5 Å². The lowest BCUT2D eigenvalue weighted by Crippen LogP contribution is -2.39. The number of aromatic nitrogens is 1. The lowest BCUT2D eigenvalue weighted by molar-refractivity contribution is -0.118. The highest BCUT2D eigenvalue weighted by molar-refractivity contribution is 5.95. The smallest absolute Gasteiger partial charge is 0.243 e. The average Bonchev–Trinajstić information content (AvgIpc) is 2.51. The number of anilines is 1. The number of carbonyl (C=O) groups is 1. The fourth-order valence-electron chi connectivity index (χ4n) is 1.95. The predicted molar refractivity (Wildman–Crippen MR) is 88.7 cm³/mol. The molecule has 1 aromatic heterocycles. The fraction of sp³-hybridized carbons (Fsp3) is 0.294. The van der Waals surface area contributed by atoms with Gasteiger partial charge in [0.05, 0.1) is 6.61 Å². The van der Waals surface area contributed by atoms with Crippen LogP contribution in [0.15, 0.2) is 36.5 Å². The van der Waals surface area contributed by atoms with Crippen LogP contribution in [-0.2, 0) is 9.53 Å². The number of nitrogens with two attached hydrogens (primary N) is 1. The first kappa shape index (κ1) is 16.9. The molecule has 0 saturated carbocycles. The zero-order valence-electron chi connectivity index (χ0n) is 13.5. The summed E-state index contributed by atoms with van der Waals surface area (Å²) >= 11 is 0. The van der Waals surface area contributed by atoms with Gasteiger partial charge in [-0.1, -0.05) is 6.07 Å². The molecule has 1 heterocycles. The van der Waals surface area contributed by atoms with Gasteiger partial charge in [0.1, 0.15) is 11.8 Å². The Labute approximate surface area is 135 Å². The van der Waals surface area contributed by atoms with Crippen LogP contribution in [0.5, 0.6) is 11.6 Å². The van der Waals surface area contributed by atoms with Crippen LogP contribution in [0.1, 0.15) is 11.1 Å². The molecule has 0 saturated heterocycles. The first-order valence-electron chi connectivity index (χ1n) is 7.26. The van der Waals surface area contributed by atoms with Gasteiger partial charge in [-0.15, -0.1) is 0 Å². The maximum Gasteiger partial charge on any atom is 0.243 e. The Bertz CT molecular complexity index is 689. The average molecular weight is 315 g/mol. The Hall–Kier alpha value is -2.44. The minimum Gasteiger partial charge on any atom is -0.439 e. The van der Waals surface area contributed by atoms with Gasteiger partial charge in [0.2, 0.25) is 11.8 Å². The molecule has 3 N–H and O–H groups in total. The first-order chi connectivity index (χ1) is 11.0. The van der Waals surface area contributed by atoms with Crippen LogP contribution in [0.3, 0.4) is 0 Å². The Balaban J connectivity index is 2.14. The van der Waals surface area contributed by atoms with Crippen molar-refractivity contribution in [1.82, 2.24) is 4.98 Å². The van der Waals surface area contributed by atoms with Gasteiger partial charge in [-0.05, 0) is 37.1 Å². The molecule has 0 spiro atoms. The Morgan fingerprint density at radius 3 is 2.78 bits per heavy atom. The van der Waals surface area contributed by atoms with Gasteiger partial charge in [0, 0.05) is 31.1 Å². The number of benzene rings is 1. The zero-order valence-corrected chi connectivity index (χ0v) is 13.5. The second-order valence-electron chi connectivity index (χ2n) is 5.30. The van der Waals surface area contributed by atoms with Gasteiger partial charge in [-0.2, -0.15) is 0 Å². The van der Waals surface area contributed by atoms with E-state index in [1.165, 1.54) is 7.11 Å². The molecule has 0 aliphatic heterocycles. The van der Waals surface area contributed by atoms with Gasteiger partial charge >= 0.3 is 0 Å². The second kappa shape index (κ2) is 7.71. The number of nitrogens with one attached hydrogen (secondary N) is 1. The summed E-state index contributed by atoms with van der Waals surface area (Å²) in [6.07, 6.45) is 1.69. The number of nitrogens with zero attached hydrogens (tertiary/aromatic N) is 1. The number of hydrogen-bond donors (Lipinski definition) is 2. The molecule has 2 aromatic rings. The molecule has 6 nitrogen and oxygen atoms in total. The van der Waals surface area contributed by atoms with Crippen molar-refractivity contribution < 1.29 is 14.3 Å². The van der Waals surface area contributed by atoms with Gasteiger partial charge in [0.15, 0.2) is 0 Å². The molecule has 122 valence electrons. The number of hydrogen-bond acceptors (Lipinski definition) is 5. The molecule has 0 bridgehead atoms. The van der Waals surface area contributed by atoms with E-state index in [9.17, 15) is 4.79 Å². The molecule has 1 unspecified atom stereocenters. The van der Waals surface area contributed by atoms with Crippen LogP contribution in [0.25, 0.3) is 0 Å². The van der Waals surface area contributed by atoms with Crippen molar-refractivity contribution >= 4 is 11.6 Å². The lowest BCUT2D eigenvalue weighted by atomic mass is 10.2. The third-order valence-corrected chi connectivity index (χ3v) is 3.24. The summed E-state index contributed by atoms with van der Waals surface area (Å²) in [7, 11) is 1.50. The zero-order chi connectivity index (χ0) is 16.8. The van der Waals surface area contributed by atoms with Crippen LogP contribution in [-0.4, -0.2) is 30.6 Å². The van der Waals surface area contributed by atoms with Crippen LogP contribution in [0, 0.1) is 13.8 Å². The minimum absolute atomic E-state index is 0.161. The quantitative estimate of drug-likeness (QED) is 0.855. The Morgan fingerprint density at radius 1 is 1.30 bits per heavy atom. The van der Waals surface area contributed by atoms with Crippen LogP contribution < -0.4 is 15.8 Å². The monoisotopic (exact) mass is 315 g/mol. The van der Waals surface area contributed by atoms with E-state index in [2.05, 4.69) is 10.3 Å². The van der Waals surface area contributed by atoms with E-state index in [-0.39, 0.29) is 12.5 Å². The van der Waals surface area contributed by atoms with Crippen molar-refractivity contribution in [2.75, 3.05) is 19.0 Å². The molecular formula is C17H21N3O3. The van der Waals surface area contributed by atoms with Crippen molar-refractivity contribution in [3.8, 4) is 11.6 Å². The van der Waals surface area contributed by atoms with Gasteiger partial charge in [-0.25, -0.2) is 4.98 Å². The molecule has 0 fully saturated rings. The van der Waals surface area contributed by atoms with E-state index in [0.717, 1.165) is 11.1 Å². The number of methoxy groups -OCH3 is 1. The maximum absolute atomic E-state index is 11.9. The second-order valence-corrected chi connectivity index (χ2v) is 5.30. The summed E-state index contributed by atoms with van der Waals surface area (Å²) in [6.45, 7) is 4.05. The fourth-order valence-corrected chi connectivity index (χ4v) is 1.95. The molecule has 0 aliphatic carbocycles. The van der Waals surface area contributed by atoms with Crippen LogP contribution in [0.4, 0.5) is 5.69 Å². The largest absolute Gasteiger partial charge is 0.439 e. The highest BCUT2D eigenvalue weighted by atomic mass is 16.5. The minimum atomic E-state index is -0.718. The number of rotatable bonds is 6. The Morgan fingerprint density at radius 2 is 2.09 bits per heavy atom. The third-order valence-electron chi connectivity index (χ3n) is 3.24. The number of ether oxygens (including phenoxy) is 2. The van der Waals surface area contributed by atoms with Crippen molar-refractivity contribution in [3.05, 3.63) is 47.7 Å². The summed E-state index contributed by atoms with van der Waals surface area (Å²) in [5.74, 6) is 0.823. The molecule has 23 heavy (non-hydrogen) atoms. The summed E-state index contributed by atoms with van der Waals surface area (Å²) in [5.41, 5.74) is 8.31. The summed E-state index contributed by atoms with van der Waals surface area (Å²) in [4.78, 5) is 16.1. The summed E-state index contributed by atoms with van der Waals surface area (Å²) < 4.78 is 10.7. The molecular weight excluding hydrogens is 294 g/mol. The van der Waals surface area contributed by atoms with E-state index < -0.39 is 6.04 Å². The molecule has 0 radical (unpaired) electrons. The van der Waals surface area contributed by atoms with E-state index in [0.29, 0.717) is 17.3 Å². The molecule has 2 rings (SSSR count). The van der Waals surface area contributed by atoms with Crippen molar-refractivity contribution in [3.63, 3.8) is 0 Å². The molecule has 0 aliphatic rings. The number of aryl methyl sites for hydroxylation is 2. The number of pyridine rings is 1. The van der Waals surface area contributed by atoms with Gasteiger partial charge < -0.3 is 20.5 Å². The van der Waals surface area contributed by atoms with Crippen LogP contribution >= 0.6 is 0 Å². The number of amides is 1. The highest BCUT2D eigenvalue weighted by Gasteiger charge is 2.14. The Kier molecular flexibility index (Phi) is 5.67. The van der Waals surface area contributed by atoms with Crippen LogP contribution in [0.2, 0.25) is 0 Å². The standard InChI is InChI=1S/C17H21N3O3/c1-11-6-7-19-16(8-11)23-15-9-13(5-4-12(15)2)20-17(21)14(18)10-22-3/h4-9,14H,10,18H2,1-3H3,(H,20,21). The molecule has 6 heteroatoms. The molecule has 1 amide bonds. The van der Waals surface area contributed by atoms with Gasteiger partial charge in [-0.3, -0.25) is 4.79 Å². The van der Waals surface area contributed by atoms with E-state index in [4.69, 9.17) is 15.2 Å². The highest BCUT2D eigenvalue weighted by Crippen LogP contribution is 2.27. The SMILES string of the molecule is COCC(N)C(=O)Nc1ccc(C)c(Oc2cc(C)ccn2)c1. The predicted octanol–water partition coefficient (Wildman–Crippen LogP) is 2.40. The van der Waals surface area contributed by atoms with E-state index in [1.807, 2.05) is 32.0 Å². The van der Waals surface area contributed by atoms with Gasteiger partial charge in [0.25, 0.3) is 0 Å². The lowest BCUT2D eigenvalue weighted by Gasteiger charge is -2.13. The first-order valence-corrected chi connectivity index (χ1v) is 7.26. The third kappa shape index (κ3) is 4.77.